The van der Waals surface area contributed by atoms with Crippen molar-refractivity contribution >= 4 is 51.3 Å². The van der Waals surface area contributed by atoms with Gasteiger partial charge in [-0.05, 0) is 122 Å². The summed E-state index contributed by atoms with van der Waals surface area (Å²) >= 11 is 0. The molecular weight excluding hydrogens is 805 g/mol. The number of H-pyrrole nitrogens is 1. The number of hydrogen-bond acceptors (Lipinski definition) is 9. The number of nitrogens with zero attached hydrogens (tertiary/aromatic N) is 7. The normalized spacial score (nSPS) is 19.7. The van der Waals surface area contributed by atoms with E-state index in [-0.39, 0.29) is 30.0 Å². The highest BCUT2D eigenvalue weighted by atomic mass is 16.2. The molecule has 0 spiro atoms. The first kappa shape index (κ1) is 41.6. The summed E-state index contributed by atoms with van der Waals surface area (Å²) in [7, 11) is 2.12. The van der Waals surface area contributed by atoms with Crippen molar-refractivity contribution in [2.45, 2.75) is 57.0 Å². The van der Waals surface area contributed by atoms with Crippen molar-refractivity contribution in [3.05, 3.63) is 114 Å². The summed E-state index contributed by atoms with van der Waals surface area (Å²) in [6.45, 7) is 8.27. The highest BCUT2D eigenvalue weighted by Crippen LogP contribution is 2.34. The van der Waals surface area contributed by atoms with E-state index in [0.717, 1.165) is 106 Å². The van der Waals surface area contributed by atoms with Gasteiger partial charge in [0.2, 0.25) is 11.8 Å². The number of aryl methyl sites for hydroxylation is 1. The third-order valence-electron chi connectivity index (χ3n) is 14.2. The van der Waals surface area contributed by atoms with E-state index >= 15 is 0 Å². The molecule has 10 rings (SSSR count). The van der Waals surface area contributed by atoms with Gasteiger partial charge in [-0.25, -0.2) is 4.98 Å². The number of carbonyl (C=O) groups excluding carboxylic acids is 4. The lowest BCUT2D eigenvalue weighted by atomic mass is 9.88. The lowest BCUT2D eigenvalue weighted by molar-refractivity contribution is -0.133. The van der Waals surface area contributed by atoms with Gasteiger partial charge in [0, 0.05) is 99.7 Å². The highest BCUT2D eigenvalue weighted by molar-refractivity contribution is 6.04. The number of nitrogens with one attached hydrogen (secondary N) is 3. The summed E-state index contributed by atoms with van der Waals surface area (Å²) < 4.78 is 2.24. The molecule has 3 N–H and O–H groups in total. The van der Waals surface area contributed by atoms with Crippen molar-refractivity contribution in [2.24, 2.45) is 13.0 Å². The maximum Gasteiger partial charge on any atom is 0.256 e. The molecule has 4 aliphatic heterocycles. The average molecular weight is 861 g/mol. The number of fused-ring (bicyclic) bond motifs is 2. The Morgan fingerprint density at radius 1 is 0.781 bits per heavy atom. The van der Waals surface area contributed by atoms with Gasteiger partial charge in [-0.2, -0.15) is 5.10 Å². The van der Waals surface area contributed by atoms with Crippen molar-refractivity contribution in [1.82, 2.24) is 44.7 Å². The number of piperazine rings is 1. The molecule has 1 atom stereocenters. The number of anilines is 1. The molecule has 330 valence electrons. The maximum atomic E-state index is 13.6. The number of para-hydroxylation sites is 1. The number of likely N-dealkylation sites (tertiary alicyclic amines) is 2. The number of piperidine rings is 3. The standard InChI is InChI=1S/C50H56N10O4/c1-56-39(29-42-40(14-19-51-47(42)56)37-10-11-43-38(28-37)30-52-55-43)32-57-20-17-35(18-21-57)34-6-8-36(9-7-34)49(63)59-22-15-33(16-23-59)31-58-24-26-60(27-25-58)50(64)41-4-2-3-5-44(41)53-45-12-13-46(61)54-48(45)62/h2-11,14,19,28-30,33,35,45,53H,12-13,15-18,20-27,31-32H2,1H3,(H,52,55)(H,54,61,62). The molecule has 3 aromatic carbocycles. The molecule has 14 heteroatoms. The average Bonchev–Trinajstić information content (AvgIpc) is 3.94. The number of imide groups is 1. The number of aromatic nitrogens is 4. The highest BCUT2D eigenvalue weighted by Gasteiger charge is 2.31. The number of aromatic amines is 1. The van der Waals surface area contributed by atoms with Gasteiger partial charge in [0.1, 0.15) is 11.7 Å². The van der Waals surface area contributed by atoms with Gasteiger partial charge in [-0.1, -0.05) is 30.3 Å². The number of amides is 4. The van der Waals surface area contributed by atoms with E-state index in [2.05, 4.69) is 84.7 Å². The van der Waals surface area contributed by atoms with E-state index in [1.165, 1.54) is 22.2 Å². The molecule has 0 bridgehead atoms. The van der Waals surface area contributed by atoms with Crippen LogP contribution in [-0.2, 0) is 23.2 Å². The number of rotatable bonds is 10. The van der Waals surface area contributed by atoms with E-state index in [9.17, 15) is 19.2 Å². The predicted molar refractivity (Wildman–Crippen MR) is 247 cm³/mol. The molecule has 4 saturated heterocycles. The first-order chi connectivity index (χ1) is 31.2. The van der Waals surface area contributed by atoms with Crippen molar-refractivity contribution in [2.75, 3.05) is 64.2 Å². The molecule has 4 fully saturated rings. The van der Waals surface area contributed by atoms with Crippen LogP contribution in [0, 0.1) is 5.92 Å². The van der Waals surface area contributed by atoms with Gasteiger partial charge >= 0.3 is 0 Å². The van der Waals surface area contributed by atoms with Crippen molar-refractivity contribution in [3.8, 4) is 11.1 Å². The summed E-state index contributed by atoms with van der Waals surface area (Å²) in [5, 5.41) is 15.1. The topological polar surface area (TPSA) is 152 Å². The molecular formula is C50H56N10O4. The van der Waals surface area contributed by atoms with E-state index in [1.54, 1.807) is 6.07 Å². The van der Waals surface area contributed by atoms with Crippen LogP contribution in [0.2, 0.25) is 0 Å². The molecule has 6 aromatic rings. The molecule has 3 aromatic heterocycles. The Labute approximate surface area is 373 Å². The van der Waals surface area contributed by atoms with E-state index in [4.69, 9.17) is 4.98 Å². The fraction of sp³-hybridized carbons (Fsp3) is 0.400. The van der Waals surface area contributed by atoms with Gasteiger partial charge in [-0.15, -0.1) is 0 Å². The lowest BCUT2D eigenvalue weighted by Crippen LogP contribution is -2.51. The number of pyridine rings is 1. The molecule has 4 aliphatic rings. The Balaban J connectivity index is 0.668. The second-order valence-electron chi connectivity index (χ2n) is 18.2. The minimum absolute atomic E-state index is 0.0537. The van der Waals surface area contributed by atoms with Crippen LogP contribution >= 0.6 is 0 Å². The molecule has 0 saturated carbocycles. The van der Waals surface area contributed by atoms with Gasteiger partial charge in [0.25, 0.3) is 11.8 Å². The SMILES string of the molecule is Cn1c(CN2CCC(c3ccc(C(=O)N4CCC(CN5CCN(C(=O)c6ccccc6NC6CCC(=O)NC6=O)CC5)CC4)cc3)CC2)cc2c(-c3ccc4[nH]ncc4c3)ccnc21. The van der Waals surface area contributed by atoms with E-state index in [0.29, 0.717) is 42.6 Å². The first-order valence-corrected chi connectivity index (χ1v) is 22.9. The number of benzene rings is 3. The first-order valence-electron chi connectivity index (χ1n) is 22.9. The Bertz CT molecular complexity index is 2680. The summed E-state index contributed by atoms with van der Waals surface area (Å²) in [5.74, 6) is 0.430. The zero-order valence-electron chi connectivity index (χ0n) is 36.5. The third-order valence-corrected chi connectivity index (χ3v) is 14.2. The lowest BCUT2D eigenvalue weighted by Gasteiger charge is -2.39. The quantitative estimate of drug-likeness (QED) is 0.141. The maximum absolute atomic E-state index is 13.6. The minimum atomic E-state index is -0.551. The van der Waals surface area contributed by atoms with Crippen LogP contribution in [0.15, 0.2) is 91.3 Å². The smallest absolute Gasteiger partial charge is 0.256 e. The van der Waals surface area contributed by atoms with Crippen LogP contribution in [0.5, 0.6) is 0 Å². The summed E-state index contributed by atoms with van der Waals surface area (Å²) in [6.07, 6.45) is 8.56. The minimum Gasteiger partial charge on any atom is -0.373 e. The molecule has 4 amide bonds. The zero-order chi connectivity index (χ0) is 43.7. The van der Waals surface area contributed by atoms with Crippen LogP contribution in [0.3, 0.4) is 0 Å². The van der Waals surface area contributed by atoms with Crippen molar-refractivity contribution in [3.63, 3.8) is 0 Å². The Hall–Kier alpha value is -6.38. The molecule has 0 radical (unpaired) electrons. The fourth-order valence-corrected chi connectivity index (χ4v) is 10.3. The Kier molecular flexibility index (Phi) is 11.7. The molecule has 14 nitrogen and oxygen atoms in total. The Morgan fingerprint density at radius 2 is 1.55 bits per heavy atom. The van der Waals surface area contributed by atoms with Gasteiger partial charge in [0.15, 0.2) is 0 Å². The Morgan fingerprint density at radius 3 is 2.33 bits per heavy atom. The van der Waals surface area contributed by atoms with Crippen LogP contribution in [0.25, 0.3) is 33.1 Å². The van der Waals surface area contributed by atoms with E-state index in [1.807, 2.05) is 52.5 Å². The summed E-state index contributed by atoms with van der Waals surface area (Å²) in [4.78, 5) is 64.9. The number of hydrogen-bond donors (Lipinski definition) is 3. The molecule has 64 heavy (non-hydrogen) atoms. The van der Waals surface area contributed by atoms with Crippen molar-refractivity contribution < 1.29 is 19.2 Å². The largest absolute Gasteiger partial charge is 0.373 e. The zero-order valence-corrected chi connectivity index (χ0v) is 36.5. The molecule has 0 aliphatic carbocycles. The third kappa shape index (κ3) is 8.64. The van der Waals surface area contributed by atoms with Crippen LogP contribution in [-0.4, -0.2) is 128 Å². The van der Waals surface area contributed by atoms with Gasteiger partial charge in [-0.3, -0.25) is 39.4 Å². The van der Waals surface area contributed by atoms with E-state index < -0.39 is 6.04 Å². The van der Waals surface area contributed by atoms with Crippen LogP contribution in [0.4, 0.5) is 5.69 Å². The monoisotopic (exact) mass is 860 g/mol. The van der Waals surface area contributed by atoms with Crippen LogP contribution < -0.4 is 10.6 Å². The van der Waals surface area contributed by atoms with Crippen molar-refractivity contribution in [1.29, 1.82) is 0 Å². The van der Waals surface area contributed by atoms with Gasteiger partial charge in [0.05, 0.1) is 17.3 Å². The van der Waals surface area contributed by atoms with Crippen LogP contribution in [0.1, 0.15) is 76.4 Å². The number of carbonyl (C=O) groups is 4. The summed E-state index contributed by atoms with van der Waals surface area (Å²) in [6, 6.07) is 26.0. The fourth-order valence-electron chi connectivity index (χ4n) is 10.3. The molecule has 7 heterocycles. The second-order valence-corrected chi connectivity index (χ2v) is 18.2. The predicted octanol–water partition coefficient (Wildman–Crippen LogP) is 6.02. The van der Waals surface area contributed by atoms with Gasteiger partial charge < -0.3 is 19.7 Å². The second kappa shape index (κ2) is 18.0. The summed E-state index contributed by atoms with van der Waals surface area (Å²) in [5.41, 5.74) is 8.87. The molecule has 1 unspecified atom stereocenters.